The Labute approximate surface area is 101 Å². The van der Waals surface area contributed by atoms with E-state index in [1.807, 2.05) is 6.07 Å². The fourth-order valence-electron chi connectivity index (χ4n) is 2.99. The zero-order valence-corrected chi connectivity index (χ0v) is 10.2. The van der Waals surface area contributed by atoms with Gasteiger partial charge in [-0.15, -0.1) is 0 Å². The van der Waals surface area contributed by atoms with Gasteiger partial charge in [0.25, 0.3) is 0 Å². The second-order valence-electron chi connectivity index (χ2n) is 4.71. The molecule has 0 N–H and O–H groups in total. The molecule has 1 aliphatic carbocycles. The van der Waals surface area contributed by atoms with E-state index in [1.54, 1.807) is 0 Å². The molecule has 0 radical (unpaired) electrons. The predicted molar refractivity (Wildman–Crippen MR) is 69.5 cm³/mol. The summed E-state index contributed by atoms with van der Waals surface area (Å²) in [6, 6.07) is 8.29. The molecule has 0 aliphatic heterocycles. The molecule has 0 amide bonds. The van der Waals surface area contributed by atoms with Gasteiger partial charge in [0.15, 0.2) is 5.78 Å². The van der Waals surface area contributed by atoms with Crippen LogP contribution in [0.1, 0.15) is 42.2 Å². The SMILES string of the molecule is CCn1c2c(c3ccccc31)C(=O)CCCC2. The minimum Gasteiger partial charge on any atom is -0.344 e. The Bertz CT molecular complexity index is 580. The smallest absolute Gasteiger partial charge is 0.165 e. The molecule has 0 saturated carbocycles. The standard InChI is InChI=1S/C15H17NO/c1-2-16-12-8-4-3-7-11(12)15-13(16)9-5-6-10-14(15)17/h3-4,7-8H,2,5-6,9-10H2,1H3. The first kappa shape index (κ1) is 10.6. The van der Waals surface area contributed by atoms with E-state index < -0.39 is 0 Å². The first-order chi connectivity index (χ1) is 8.33. The Kier molecular flexibility index (Phi) is 2.50. The van der Waals surface area contributed by atoms with Crippen LogP contribution >= 0.6 is 0 Å². The molecule has 0 bridgehead atoms. The molecule has 0 fully saturated rings. The maximum atomic E-state index is 12.2. The highest BCUT2D eigenvalue weighted by Gasteiger charge is 2.23. The Balaban J connectivity index is 2.38. The first-order valence-electron chi connectivity index (χ1n) is 6.46. The average Bonchev–Trinajstić information content (AvgIpc) is 2.55. The van der Waals surface area contributed by atoms with Gasteiger partial charge in [0.05, 0.1) is 0 Å². The molecule has 2 nitrogen and oxygen atoms in total. The van der Waals surface area contributed by atoms with Crippen LogP contribution in [0.25, 0.3) is 10.9 Å². The third kappa shape index (κ3) is 1.51. The largest absolute Gasteiger partial charge is 0.344 e. The molecule has 3 rings (SSSR count). The Morgan fingerprint density at radius 1 is 1.18 bits per heavy atom. The van der Waals surface area contributed by atoms with Crippen molar-refractivity contribution in [1.82, 2.24) is 4.57 Å². The zero-order chi connectivity index (χ0) is 11.8. The average molecular weight is 227 g/mol. The minimum atomic E-state index is 0.334. The van der Waals surface area contributed by atoms with E-state index in [0.29, 0.717) is 12.2 Å². The summed E-state index contributed by atoms with van der Waals surface area (Å²) in [5, 5.41) is 1.15. The second-order valence-corrected chi connectivity index (χ2v) is 4.71. The van der Waals surface area contributed by atoms with Gasteiger partial charge in [-0.25, -0.2) is 0 Å². The normalized spacial score (nSPS) is 15.9. The van der Waals surface area contributed by atoms with Crippen molar-refractivity contribution in [1.29, 1.82) is 0 Å². The van der Waals surface area contributed by atoms with Crippen LogP contribution in [-0.4, -0.2) is 10.4 Å². The number of nitrogens with zero attached hydrogens (tertiary/aromatic N) is 1. The monoisotopic (exact) mass is 227 g/mol. The number of carbonyl (C=O) groups is 1. The minimum absolute atomic E-state index is 0.334. The number of hydrogen-bond acceptors (Lipinski definition) is 1. The summed E-state index contributed by atoms with van der Waals surface area (Å²) in [5.74, 6) is 0.334. The molecule has 2 aromatic rings. The van der Waals surface area contributed by atoms with Crippen LogP contribution in [0.5, 0.6) is 0 Å². The van der Waals surface area contributed by atoms with Crippen molar-refractivity contribution >= 4 is 16.7 Å². The molecule has 88 valence electrons. The predicted octanol–water partition coefficient (Wildman–Crippen LogP) is 3.57. The molecule has 1 heterocycles. The third-order valence-corrected chi connectivity index (χ3v) is 3.74. The van der Waals surface area contributed by atoms with E-state index in [4.69, 9.17) is 0 Å². The zero-order valence-electron chi connectivity index (χ0n) is 10.2. The van der Waals surface area contributed by atoms with Gasteiger partial charge >= 0.3 is 0 Å². The fourth-order valence-corrected chi connectivity index (χ4v) is 2.99. The lowest BCUT2D eigenvalue weighted by atomic mass is 10.1. The summed E-state index contributed by atoms with van der Waals surface area (Å²) in [7, 11) is 0. The topological polar surface area (TPSA) is 22.0 Å². The van der Waals surface area contributed by atoms with Crippen molar-refractivity contribution in [3.05, 3.63) is 35.5 Å². The van der Waals surface area contributed by atoms with E-state index >= 15 is 0 Å². The maximum absolute atomic E-state index is 12.2. The molecule has 1 aliphatic rings. The molecule has 0 unspecified atom stereocenters. The number of aromatic nitrogens is 1. The first-order valence-corrected chi connectivity index (χ1v) is 6.46. The van der Waals surface area contributed by atoms with Crippen LogP contribution in [0.2, 0.25) is 0 Å². The summed E-state index contributed by atoms with van der Waals surface area (Å²) >= 11 is 0. The van der Waals surface area contributed by atoms with Gasteiger partial charge in [0.1, 0.15) is 0 Å². The number of rotatable bonds is 1. The number of para-hydroxylation sites is 1. The molecule has 0 spiro atoms. The van der Waals surface area contributed by atoms with Gasteiger partial charge in [0, 0.05) is 35.1 Å². The Hall–Kier alpha value is -1.57. The van der Waals surface area contributed by atoms with Gasteiger partial charge < -0.3 is 4.57 Å². The molecule has 0 saturated heterocycles. The van der Waals surface area contributed by atoms with Crippen molar-refractivity contribution in [2.45, 2.75) is 39.2 Å². The quantitative estimate of drug-likeness (QED) is 0.683. The van der Waals surface area contributed by atoms with Gasteiger partial charge in [-0.1, -0.05) is 18.2 Å². The van der Waals surface area contributed by atoms with E-state index in [-0.39, 0.29) is 0 Å². The number of benzene rings is 1. The lowest BCUT2D eigenvalue weighted by Gasteiger charge is -2.06. The summed E-state index contributed by atoms with van der Waals surface area (Å²) in [4.78, 5) is 12.2. The van der Waals surface area contributed by atoms with Gasteiger partial charge in [-0.05, 0) is 32.3 Å². The van der Waals surface area contributed by atoms with Gasteiger partial charge in [0.2, 0.25) is 0 Å². The highest BCUT2D eigenvalue weighted by Crippen LogP contribution is 2.31. The number of carbonyl (C=O) groups excluding carboxylic acids is 1. The molecule has 17 heavy (non-hydrogen) atoms. The molecule has 1 aromatic carbocycles. The van der Waals surface area contributed by atoms with Crippen molar-refractivity contribution in [3.63, 3.8) is 0 Å². The molecule has 2 heteroatoms. The number of fused-ring (bicyclic) bond motifs is 3. The molecular weight excluding hydrogens is 210 g/mol. The number of ketones is 1. The number of hydrogen-bond donors (Lipinski definition) is 0. The van der Waals surface area contributed by atoms with Crippen LogP contribution in [-0.2, 0) is 13.0 Å². The van der Waals surface area contributed by atoms with Crippen molar-refractivity contribution in [2.75, 3.05) is 0 Å². The number of Topliss-reactive ketones (excluding diaryl/α,β-unsaturated/α-hetero) is 1. The van der Waals surface area contributed by atoms with Crippen LogP contribution < -0.4 is 0 Å². The van der Waals surface area contributed by atoms with Crippen LogP contribution in [0.15, 0.2) is 24.3 Å². The lowest BCUT2D eigenvalue weighted by Crippen LogP contribution is -2.03. The second kappa shape index (κ2) is 4.02. The van der Waals surface area contributed by atoms with Gasteiger partial charge in [-0.3, -0.25) is 4.79 Å². The summed E-state index contributed by atoms with van der Waals surface area (Å²) < 4.78 is 2.31. The van der Waals surface area contributed by atoms with E-state index in [9.17, 15) is 4.79 Å². The van der Waals surface area contributed by atoms with Crippen LogP contribution in [0, 0.1) is 0 Å². The summed E-state index contributed by atoms with van der Waals surface area (Å²) in [6.07, 6.45) is 3.93. The molecule has 0 atom stereocenters. The van der Waals surface area contributed by atoms with Crippen molar-refractivity contribution in [2.24, 2.45) is 0 Å². The van der Waals surface area contributed by atoms with Crippen LogP contribution in [0.3, 0.4) is 0 Å². The molecular formula is C15H17NO. The lowest BCUT2D eigenvalue weighted by molar-refractivity contribution is 0.0983. The van der Waals surface area contributed by atoms with Crippen LogP contribution in [0.4, 0.5) is 0 Å². The summed E-state index contributed by atoms with van der Waals surface area (Å²) in [5.41, 5.74) is 3.48. The van der Waals surface area contributed by atoms with Gasteiger partial charge in [-0.2, -0.15) is 0 Å². The molecule has 1 aromatic heterocycles. The van der Waals surface area contributed by atoms with E-state index in [0.717, 1.165) is 36.8 Å². The third-order valence-electron chi connectivity index (χ3n) is 3.74. The van der Waals surface area contributed by atoms with E-state index in [1.165, 1.54) is 11.2 Å². The maximum Gasteiger partial charge on any atom is 0.165 e. The number of aryl methyl sites for hydroxylation is 1. The van der Waals surface area contributed by atoms with Crippen molar-refractivity contribution in [3.8, 4) is 0 Å². The Morgan fingerprint density at radius 3 is 2.76 bits per heavy atom. The van der Waals surface area contributed by atoms with Crippen molar-refractivity contribution < 1.29 is 4.79 Å². The fraction of sp³-hybridized carbons (Fsp3) is 0.400. The highest BCUT2D eigenvalue weighted by atomic mass is 16.1. The Morgan fingerprint density at radius 2 is 1.94 bits per heavy atom. The highest BCUT2D eigenvalue weighted by molar-refractivity contribution is 6.09. The van der Waals surface area contributed by atoms with E-state index in [2.05, 4.69) is 29.7 Å². The summed E-state index contributed by atoms with van der Waals surface area (Å²) in [6.45, 7) is 3.10.